The zero-order valence-electron chi connectivity index (χ0n) is 21.7. The van der Waals surface area contributed by atoms with E-state index in [0.29, 0.717) is 11.6 Å². The van der Waals surface area contributed by atoms with E-state index in [4.69, 9.17) is 4.98 Å². The summed E-state index contributed by atoms with van der Waals surface area (Å²) in [5.41, 5.74) is 3.14. The van der Waals surface area contributed by atoms with Crippen molar-refractivity contribution in [2.24, 2.45) is 0 Å². The molecule has 5 nitrogen and oxygen atoms in total. The molecule has 3 aliphatic rings. The monoisotopic (exact) mass is 489 g/mol. The summed E-state index contributed by atoms with van der Waals surface area (Å²) in [6.07, 6.45) is 10.0. The second kappa shape index (κ2) is 10.1. The Balaban J connectivity index is 1.30. The molecular formula is C30H40FN5. The van der Waals surface area contributed by atoms with Gasteiger partial charge in [0.25, 0.3) is 0 Å². The topological polar surface area (TPSA) is 27.5 Å². The van der Waals surface area contributed by atoms with Gasteiger partial charge in [-0.1, -0.05) is 62.1 Å². The number of likely N-dealkylation sites (tertiary alicyclic amines) is 1. The molecule has 0 spiro atoms. The molecular weight excluding hydrogens is 449 g/mol. The second-order valence-electron chi connectivity index (χ2n) is 11.2. The van der Waals surface area contributed by atoms with Gasteiger partial charge in [0.2, 0.25) is 5.95 Å². The molecule has 3 fully saturated rings. The maximum Gasteiger partial charge on any atom is 0.207 e. The van der Waals surface area contributed by atoms with Crippen LogP contribution in [0.15, 0.2) is 48.5 Å². The van der Waals surface area contributed by atoms with Gasteiger partial charge >= 0.3 is 0 Å². The number of imidazole rings is 1. The predicted octanol–water partition coefficient (Wildman–Crippen LogP) is 5.81. The summed E-state index contributed by atoms with van der Waals surface area (Å²) < 4.78 is 17.2. The average molecular weight is 490 g/mol. The van der Waals surface area contributed by atoms with Crippen LogP contribution < -0.4 is 4.90 Å². The summed E-state index contributed by atoms with van der Waals surface area (Å²) in [6, 6.07) is 17.1. The Hall–Kier alpha value is -2.44. The van der Waals surface area contributed by atoms with E-state index < -0.39 is 0 Å². The number of para-hydroxylation sites is 1. The first-order valence-corrected chi connectivity index (χ1v) is 14.1. The number of fused-ring (bicyclic) bond motifs is 1. The average Bonchev–Trinajstić information content (AvgIpc) is 3.13. The molecule has 0 N–H and O–H groups in total. The van der Waals surface area contributed by atoms with E-state index in [1.165, 1.54) is 44.1 Å². The first kappa shape index (κ1) is 23.9. The minimum atomic E-state index is -0.208. The third-order valence-corrected chi connectivity index (χ3v) is 9.12. The molecule has 3 aromatic rings. The second-order valence-corrected chi connectivity index (χ2v) is 11.2. The number of halogens is 1. The van der Waals surface area contributed by atoms with Gasteiger partial charge in [0.05, 0.1) is 5.52 Å². The molecule has 1 aromatic heterocycles. The Bertz CT molecular complexity index is 1150. The maximum atomic E-state index is 14.8. The SMILES string of the molecule is CN1CCN(c2nc3c(F)cccc3n2C2CCN(C3(c4ccccc4)CCCCCC3)CC2)CC1. The number of nitrogens with zero attached hydrogens (tertiary/aromatic N) is 5. The Morgan fingerprint density at radius 1 is 0.806 bits per heavy atom. The molecule has 36 heavy (non-hydrogen) atoms. The molecule has 0 radical (unpaired) electrons. The Labute approximate surface area is 214 Å². The van der Waals surface area contributed by atoms with Crippen molar-refractivity contribution in [2.75, 3.05) is 51.2 Å². The summed E-state index contributed by atoms with van der Waals surface area (Å²) in [5.74, 6) is 0.759. The van der Waals surface area contributed by atoms with Gasteiger partial charge in [-0.3, -0.25) is 4.90 Å². The highest BCUT2D eigenvalue weighted by atomic mass is 19.1. The first-order valence-electron chi connectivity index (χ1n) is 14.1. The van der Waals surface area contributed by atoms with Crippen LogP contribution in [-0.4, -0.2) is 65.7 Å². The normalized spacial score (nSPS) is 22.7. The third kappa shape index (κ3) is 4.32. The van der Waals surface area contributed by atoms with Gasteiger partial charge in [0, 0.05) is 50.8 Å². The Kier molecular flexibility index (Phi) is 6.74. The number of piperidine rings is 1. The van der Waals surface area contributed by atoms with Crippen LogP contribution in [0, 0.1) is 5.82 Å². The fourth-order valence-corrected chi connectivity index (χ4v) is 7.06. The van der Waals surface area contributed by atoms with E-state index in [0.717, 1.165) is 63.6 Å². The fourth-order valence-electron chi connectivity index (χ4n) is 7.06. The Morgan fingerprint density at radius 2 is 1.50 bits per heavy atom. The molecule has 0 bridgehead atoms. The standard InChI is InChI=1S/C30H40FN5/c1-33-20-22-34(23-21-33)29-32-28-26(31)12-9-13-27(28)36(29)25-14-18-35(19-15-25)30(16-7-2-3-8-17-30)24-10-5-4-6-11-24/h4-6,9-13,25H,2-3,7-8,14-23H2,1H3. The Morgan fingerprint density at radius 3 is 2.19 bits per heavy atom. The van der Waals surface area contributed by atoms with Crippen molar-refractivity contribution in [3.05, 3.63) is 59.9 Å². The molecule has 0 amide bonds. The van der Waals surface area contributed by atoms with E-state index in [1.807, 2.05) is 6.07 Å². The smallest absolute Gasteiger partial charge is 0.207 e. The number of hydrogen-bond donors (Lipinski definition) is 0. The lowest BCUT2D eigenvalue weighted by molar-refractivity contribution is 0.0361. The van der Waals surface area contributed by atoms with Crippen LogP contribution in [0.3, 0.4) is 0 Å². The van der Waals surface area contributed by atoms with Crippen molar-refractivity contribution in [3.63, 3.8) is 0 Å². The third-order valence-electron chi connectivity index (χ3n) is 9.12. The molecule has 2 aromatic carbocycles. The van der Waals surface area contributed by atoms with Crippen molar-refractivity contribution >= 4 is 17.0 Å². The zero-order valence-corrected chi connectivity index (χ0v) is 21.7. The van der Waals surface area contributed by atoms with Gasteiger partial charge in [-0.25, -0.2) is 9.37 Å². The van der Waals surface area contributed by atoms with Gasteiger partial charge in [-0.15, -0.1) is 0 Å². The highest BCUT2D eigenvalue weighted by Crippen LogP contribution is 2.44. The van der Waals surface area contributed by atoms with Crippen LogP contribution in [-0.2, 0) is 5.54 Å². The molecule has 6 heteroatoms. The van der Waals surface area contributed by atoms with Crippen molar-refractivity contribution in [1.29, 1.82) is 0 Å². The lowest BCUT2D eigenvalue weighted by atomic mass is 9.79. The number of likely N-dealkylation sites (N-methyl/N-ethyl adjacent to an activating group) is 1. The maximum absolute atomic E-state index is 14.8. The van der Waals surface area contributed by atoms with E-state index in [-0.39, 0.29) is 11.4 Å². The molecule has 1 aliphatic carbocycles. The van der Waals surface area contributed by atoms with Gasteiger partial charge in [0.1, 0.15) is 5.52 Å². The van der Waals surface area contributed by atoms with Crippen LogP contribution >= 0.6 is 0 Å². The highest BCUT2D eigenvalue weighted by molar-refractivity contribution is 5.79. The first-order chi connectivity index (χ1) is 17.7. The van der Waals surface area contributed by atoms with E-state index in [9.17, 15) is 4.39 Å². The summed E-state index contributed by atoms with van der Waals surface area (Å²) in [7, 11) is 2.17. The number of hydrogen-bond acceptors (Lipinski definition) is 4. The molecule has 2 aliphatic heterocycles. The zero-order chi connectivity index (χ0) is 24.5. The quantitative estimate of drug-likeness (QED) is 0.432. The number of benzene rings is 2. The summed E-state index contributed by atoms with van der Waals surface area (Å²) >= 11 is 0. The lowest BCUT2D eigenvalue weighted by Crippen LogP contribution is -2.50. The molecule has 3 heterocycles. The number of anilines is 1. The van der Waals surface area contributed by atoms with E-state index in [2.05, 4.69) is 62.7 Å². The van der Waals surface area contributed by atoms with E-state index in [1.54, 1.807) is 6.07 Å². The minimum Gasteiger partial charge on any atom is -0.340 e. The van der Waals surface area contributed by atoms with Crippen molar-refractivity contribution < 1.29 is 4.39 Å². The summed E-state index contributed by atoms with van der Waals surface area (Å²) in [5, 5.41) is 0. The van der Waals surface area contributed by atoms with Gasteiger partial charge in [-0.05, 0) is 50.4 Å². The van der Waals surface area contributed by atoms with Crippen LogP contribution in [0.2, 0.25) is 0 Å². The molecule has 0 atom stereocenters. The number of rotatable bonds is 4. The molecule has 1 saturated carbocycles. The highest BCUT2D eigenvalue weighted by Gasteiger charge is 2.41. The van der Waals surface area contributed by atoms with Crippen molar-refractivity contribution in [3.8, 4) is 0 Å². The fraction of sp³-hybridized carbons (Fsp3) is 0.567. The number of piperazine rings is 1. The van der Waals surface area contributed by atoms with Crippen LogP contribution in [0.1, 0.15) is 63.0 Å². The lowest BCUT2D eigenvalue weighted by Gasteiger charge is -2.48. The number of aromatic nitrogens is 2. The summed E-state index contributed by atoms with van der Waals surface area (Å²) in [6.45, 7) is 6.08. The largest absolute Gasteiger partial charge is 0.340 e. The van der Waals surface area contributed by atoms with Crippen LogP contribution in [0.25, 0.3) is 11.0 Å². The van der Waals surface area contributed by atoms with E-state index >= 15 is 0 Å². The van der Waals surface area contributed by atoms with Crippen molar-refractivity contribution in [1.82, 2.24) is 19.4 Å². The van der Waals surface area contributed by atoms with Gasteiger partial charge in [0.15, 0.2) is 5.82 Å². The minimum absolute atomic E-state index is 0.159. The van der Waals surface area contributed by atoms with Gasteiger partial charge < -0.3 is 14.4 Å². The molecule has 0 unspecified atom stereocenters. The summed E-state index contributed by atoms with van der Waals surface area (Å²) in [4.78, 5) is 12.4. The van der Waals surface area contributed by atoms with Crippen molar-refractivity contribution in [2.45, 2.75) is 62.9 Å². The van der Waals surface area contributed by atoms with Crippen LogP contribution in [0.4, 0.5) is 10.3 Å². The molecule has 6 rings (SSSR count). The predicted molar refractivity (Wildman–Crippen MR) is 145 cm³/mol. The molecule has 2 saturated heterocycles. The van der Waals surface area contributed by atoms with Crippen LogP contribution in [0.5, 0.6) is 0 Å². The molecule has 192 valence electrons. The van der Waals surface area contributed by atoms with Gasteiger partial charge in [-0.2, -0.15) is 0 Å².